The summed E-state index contributed by atoms with van der Waals surface area (Å²) in [5.74, 6) is 5.57. The number of hydrogen-bond donors (Lipinski definition) is 1. The third-order valence-electron chi connectivity index (χ3n) is 2.61. The smallest absolute Gasteiger partial charge is 0.412 e. The largest absolute Gasteiger partial charge is 0.436 e. The van der Waals surface area contributed by atoms with Gasteiger partial charge in [0.25, 0.3) is 0 Å². The average molecular weight is 311 g/mol. The highest BCUT2D eigenvalue weighted by Crippen LogP contribution is 2.13. The van der Waals surface area contributed by atoms with E-state index >= 15 is 0 Å². The minimum Gasteiger partial charge on any atom is -0.436 e. The van der Waals surface area contributed by atoms with Gasteiger partial charge in [-0.1, -0.05) is 23.4 Å². The molecule has 0 heterocycles. The lowest BCUT2D eigenvalue weighted by Crippen LogP contribution is -2.13. The van der Waals surface area contributed by atoms with Crippen molar-refractivity contribution in [2.75, 3.05) is 11.9 Å². The Bertz CT molecular complexity index is 750. The van der Waals surface area contributed by atoms with Crippen molar-refractivity contribution in [2.45, 2.75) is 0 Å². The van der Waals surface area contributed by atoms with Crippen molar-refractivity contribution in [1.29, 1.82) is 5.26 Å². The van der Waals surface area contributed by atoms with Crippen LogP contribution in [0.15, 0.2) is 48.5 Å². The monoisotopic (exact) mass is 310 g/mol. The molecule has 2 aromatic carbocycles. The lowest BCUT2D eigenvalue weighted by Gasteiger charge is -2.04. The molecule has 0 saturated carbocycles. The number of halogens is 1. The SMILES string of the molecule is N#Cc1ccc(C#CCOC(=O)Nc2ccc(Cl)cc2)cc1. The maximum atomic E-state index is 11.5. The topological polar surface area (TPSA) is 62.1 Å². The van der Waals surface area contributed by atoms with E-state index in [2.05, 4.69) is 17.2 Å². The maximum Gasteiger partial charge on any atom is 0.412 e. The number of carbonyl (C=O) groups excluding carboxylic acids is 1. The van der Waals surface area contributed by atoms with Crippen LogP contribution in [0.1, 0.15) is 11.1 Å². The van der Waals surface area contributed by atoms with Crippen LogP contribution in [-0.2, 0) is 4.74 Å². The minimum atomic E-state index is -0.587. The normalized spacial score (nSPS) is 9.09. The Labute approximate surface area is 133 Å². The van der Waals surface area contributed by atoms with Crippen LogP contribution in [0.2, 0.25) is 5.02 Å². The Morgan fingerprint density at radius 1 is 1.09 bits per heavy atom. The zero-order valence-electron chi connectivity index (χ0n) is 11.5. The summed E-state index contributed by atoms with van der Waals surface area (Å²) >= 11 is 5.75. The second kappa shape index (κ2) is 7.73. The summed E-state index contributed by atoms with van der Waals surface area (Å²) in [4.78, 5) is 11.5. The van der Waals surface area contributed by atoms with E-state index < -0.39 is 6.09 Å². The van der Waals surface area contributed by atoms with E-state index in [-0.39, 0.29) is 6.61 Å². The van der Waals surface area contributed by atoms with E-state index in [0.717, 1.165) is 5.56 Å². The van der Waals surface area contributed by atoms with Gasteiger partial charge in [0.15, 0.2) is 6.61 Å². The van der Waals surface area contributed by atoms with Crippen LogP contribution in [0.25, 0.3) is 0 Å². The molecule has 0 atom stereocenters. The zero-order valence-corrected chi connectivity index (χ0v) is 12.2. The van der Waals surface area contributed by atoms with Gasteiger partial charge in [-0.15, -0.1) is 0 Å². The molecule has 1 amide bonds. The highest BCUT2D eigenvalue weighted by atomic mass is 35.5. The molecule has 1 N–H and O–H groups in total. The first-order valence-corrected chi connectivity index (χ1v) is 6.73. The van der Waals surface area contributed by atoms with Crippen LogP contribution < -0.4 is 5.32 Å². The number of anilines is 1. The van der Waals surface area contributed by atoms with Crippen LogP contribution in [0.3, 0.4) is 0 Å². The van der Waals surface area contributed by atoms with Crippen LogP contribution in [0.5, 0.6) is 0 Å². The summed E-state index contributed by atoms with van der Waals surface area (Å²) in [5.41, 5.74) is 1.92. The summed E-state index contributed by atoms with van der Waals surface area (Å²) in [7, 11) is 0. The Morgan fingerprint density at radius 3 is 2.36 bits per heavy atom. The van der Waals surface area contributed by atoms with Crippen LogP contribution in [0, 0.1) is 23.2 Å². The fourth-order valence-electron chi connectivity index (χ4n) is 1.56. The van der Waals surface area contributed by atoms with Crippen molar-refractivity contribution in [3.63, 3.8) is 0 Å². The molecule has 0 spiro atoms. The third-order valence-corrected chi connectivity index (χ3v) is 2.86. The van der Waals surface area contributed by atoms with Crippen molar-refractivity contribution < 1.29 is 9.53 Å². The van der Waals surface area contributed by atoms with Crippen LogP contribution in [0.4, 0.5) is 10.5 Å². The van der Waals surface area contributed by atoms with Crippen molar-refractivity contribution in [3.8, 4) is 17.9 Å². The van der Waals surface area contributed by atoms with Gasteiger partial charge in [0, 0.05) is 16.3 Å². The third kappa shape index (κ3) is 4.86. The molecule has 108 valence electrons. The number of nitrogens with zero attached hydrogens (tertiary/aromatic N) is 1. The number of ether oxygens (including phenoxy) is 1. The minimum absolute atomic E-state index is 0.0283. The Balaban J connectivity index is 1.80. The number of amides is 1. The highest BCUT2D eigenvalue weighted by molar-refractivity contribution is 6.30. The Morgan fingerprint density at radius 2 is 1.73 bits per heavy atom. The molecule has 0 fully saturated rings. The van der Waals surface area contributed by atoms with Crippen molar-refractivity contribution >= 4 is 23.4 Å². The molecule has 22 heavy (non-hydrogen) atoms. The lowest BCUT2D eigenvalue weighted by molar-refractivity contribution is 0.176. The predicted octanol–water partition coefficient (Wildman–Crippen LogP) is 3.81. The highest BCUT2D eigenvalue weighted by Gasteiger charge is 2.01. The second-order valence-corrected chi connectivity index (χ2v) is 4.64. The molecule has 0 bridgehead atoms. The maximum absolute atomic E-state index is 11.5. The summed E-state index contributed by atoms with van der Waals surface area (Å²) in [6.07, 6.45) is -0.587. The number of nitrogens with one attached hydrogen (secondary N) is 1. The lowest BCUT2D eigenvalue weighted by atomic mass is 10.1. The summed E-state index contributed by atoms with van der Waals surface area (Å²) in [5, 5.41) is 11.8. The predicted molar refractivity (Wildman–Crippen MR) is 84.5 cm³/mol. The van der Waals surface area contributed by atoms with Crippen molar-refractivity contribution in [1.82, 2.24) is 0 Å². The van der Waals surface area contributed by atoms with Gasteiger partial charge in [-0.25, -0.2) is 4.79 Å². The van der Waals surface area contributed by atoms with E-state index in [4.69, 9.17) is 21.6 Å². The summed E-state index contributed by atoms with van der Waals surface area (Å²) in [6.45, 7) is -0.0283. The second-order valence-electron chi connectivity index (χ2n) is 4.20. The first-order chi connectivity index (χ1) is 10.7. The summed E-state index contributed by atoms with van der Waals surface area (Å²) < 4.78 is 4.93. The van der Waals surface area contributed by atoms with E-state index in [9.17, 15) is 4.79 Å². The van der Waals surface area contributed by atoms with Crippen molar-refractivity contribution in [3.05, 3.63) is 64.7 Å². The molecule has 5 heteroatoms. The van der Waals surface area contributed by atoms with E-state index in [1.165, 1.54) is 0 Å². The first kappa shape index (κ1) is 15.4. The number of nitriles is 1. The van der Waals surface area contributed by atoms with Gasteiger partial charge < -0.3 is 4.74 Å². The number of hydrogen-bond acceptors (Lipinski definition) is 3. The van der Waals surface area contributed by atoms with Crippen LogP contribution >= 0.6 is 11.6 Å². The van der Waals surface area contributed by atoms with Gasteiger partial charge >= 0.3 is 6.09 Å². The number of rotatable bonds is 2. The molecule has 0 saturated heterocycles. The fraction of sp³-hybridized carbons (Fsp3) is 0.0588. The fourth-order valence-corrected chi connectivity index (χ4v) is 1.68. The average Bonchev–Trinajstić information content (AvgIpc) is 2.54. The molecular formula is C17H11ClN2O2. The molecule has 0 unspecified atom stereocenters. The van der Waals surface area contributed by atoms with E-state index in [1.807, 2.05) is 6.07 Å². The molecule has 2 aromatic rings. The van der Waals surface area contributed by atoms with E-state index in [0.29, 0.717) is 16.3 Å². The standard InChI is InChI=1S/C17H11ClN2O2/c18-15-7-9-16(10-8-15)20-17(21)22-11-1-2-13-3-5-14(12-19)6-4-13/h3-10H,11H2,(H,20,21). The first-order valence-electron chi connectivity index (χ1n) is 6.36. The van der Waals surface area contributed by atoms with E-state index in [1.54, 1.807) is 48.5 Å². The van der Waals surface area contributed by atoms with Gasteiger partial charge in [-0.05, 0) is 48.5 Å². The Kier molecular flexibility index (Phi) is 5.43. The molecule has 4 nitrogen and oxygen atoms in total. The molecule has 0 aliphatic rings. The Hall–Kier alpha value is -2.95. The molecule has 0 aromatic heterocycles. The molecule has 0 radical (unpaired) electrons. The molecule has 0 aliphatic carbocycles. The molecular weight excluding hydrogens is 300 g/mol. The number of benzene rings is 2. The molecule has 0 aliphatic heterocycles. The summed E-state index contributed by atoms with van der Waals surface area (Å²) in [6, 6.07) is 15.5. The van der Waals surface area contributed by atoms with Crippen molar-refractivity contribution in [2.24, 2.45) is 0 Å². The molecule has 2 rings (SSSR count). The van der Waals surface area contributed by atoms with Gasteiger partial charge in [-0.3, -0.25) is 5.32 Å². The van der Waals surface area contributed by atoms with Gasteiger partial charge in [0.2, 0.25) is 0 Å². The van der Waals surface area contributed by atoms with Gasteiger partial charge in [0.05, 0.1) is 11.6 Å². The number of carbonyl (C=O) groups is 1. The van der Waals surface area contributed by atoms with Gasteiger partial charge in [0.1, 0.15) is 0 Å². The van der Waals surface area contributed by atoms with Crippen LogP contribution in [-0.4, -0.2) is 12.7 Å². The quantitative estimate of drug-likeness (QED) is 0.858. The van der Waals surface area contributed by atoms with Gasteiger partial charge in [-0.2, -0.15) is 5.26 Å². The zero-order chi connectivity index (χ0) is 15.8.